The van der Waals surface area contributed by atoms with Crippen molar-refractivity contribution in [2.45, 2.75) is 212 Å². The average Bonchev–Trinajstić information content (AvgIpc) is 3.37. The summed E-state index contributed by atoms with van der Waals surface area (Å²) in [6, 6.07) is -4.47. The van der Waals surface area contributed by atoms with Gasteiger partial charge in [0.15, 0.2) is 31.5 Å². The zero-order chi connectivity index (χ0) is 56.2. The van der Waals surface area contributed by atoms with Crippen molar-refractivity contribution < 1.29 is 148 Å². The van der Waals surface area contributed by atoms with Crippen molar-refractivity contribution in [1.29, 1.82) is 0 Å². The first-order valence-electron chi connectivity index (χ1n) is 24.4. The topological polar surface area (TPSA) is 513 Å². The maximum Gasteiger partial charge on any atom is 0.217 e. The van der Waals surface area contributed by atoms with E-state index in [1.54, 1.807) is 0 Å². The third-order valence-corrected chi connectivity index (χ3v) is 13.9. The Balaban J connectivity index is 1.33. The van der Waals surface area contributed by atoms with Gasteiger partial charge in [-0.25, -0.2) is 0 Å². The van der Waals surface area contributed by atoms with E-state index in [0.717, 1.165) is 13.8 Å². The maximum atomic E-state index is 12.7. The highest BCUT2D eigenvalue weighted by atomic mass is 16.8. The van der Waals surface area contributed by atoms with Gasteiger partial charge >= 0.3 is 0 Å². The van der Waals surface area contributed by atoms with Crippen LogP contribution in [0.25, 0.3) is 0 Å². The highest BCUT2D eigenvalue weighted by molar-refractivity contribution is 5.74. The van der Waals surface area contributed by atoms with Crippen molar-refractivity contribution in [2.75, 3.05) is 39.6 Å². The third-order valence-electron chi connectivity index (χ3n) is 13.9. The fourth-order valence-electron chi connectivity index (χ4n) is 9.86. The van der Waals surface area contributed by atoms with Gasteiger partial charge in [0.05, 0.1) is 51.8 Å². The second-order valence-corrected chi connectivity index (χ2v) is 19.3. The molecule has 30 atom stereocenters. The Hall–Kier alpha value is -2.67. The fourth-order valence-corrected chi connectivity index (χ4v) is 9.86. The van der Waals surface area contributed by atoms with Crippen molar-refractivity contribution in [2.24, 2.45) is 0 Å². The predicted octanol–water partition coefficient (Wildman–Crippen LogP) is -12.6. The summed E-state index contributed by atoms with van der Waals surface area (Å²) in [6.45, 7) is -0.761. The molecule has 6 aliphatic heterocycles. The van der Waals surface area contributed by atoms with Crippen molar-refractivity contribution in [1.82, 2.24) is 16.0 Å². The van der Waals surface area contributed by atoms with Gasteiger partial charge in [0.1, 0.15) is 140 Å². The summed E-state index contributed by atoms with van der Waals surface area (Å²) in [5.74, 6) is -2.16. The quantitative estimate of drug-likeness (QED) is 0.0571. The van der Waals surface area contributed by atoms with E-state index in [1.807, 2.05) is 0 Å². The van der Waals surface area contributed by atoms with Gasteiger partial charge in [-0.3, -0.25) is 14.4 Å². The number of carbonyl (C=O) groups excluding carboxylic acids is 3. The molecule has 6 fully saturated rings. The lowest BCUT2D eigenvalue weighted by atomic mass is 9.92. The first-order valence-corrected chi connectivity index (χ1v) is 24.4. The van der Waals surface area contributed by atoms with Crippen LogP contribution in [-0.2, 0) is 66.5 Å². The molecule has 6 heterocycles. The van der Waals surface area contributed by atoms with E-state index in [4.69, 9.17) is 52.1 Å². The Labute approximate surface area is 432 Å². The number of carbonyl (C=O) groups is 3. The normalized spacial score (nSPS) is 48.2. The number of aliphatic hydroxyl groups excluding tert-OH is 16. The standard InChI is InChI=1S/C43H73N3O30/c1-11-21(44-12(2)52)29(60)35(18(8-50)67-11)73-40-23(46-14(4)54)30(61)36(19(9-51)71-40)74-42-34(65)37(27(58)20(72-42)10-66-41-33(64)31(62)25(56)16(6-48)69-41)75-43-38(32(63)26(57)17(7-49)70-43)76-39-22(45-13(3)53)28(59)24(55)15(5-47)68-39/h11,15-43,47-51,55-65H,5-10H2,1-4H3,(H,44,52)(H,45,53)(H,46,54)/t11-,15?,16?,17-,18?,19?,20?,21?,22?,23?,24+,25+,26?,27+,28+,29+,30+,31-,32?,33?,34?,35+,36+,37-,38?,39-,40-,41-,42-,43+/m0/s1. The van der Waals surface area contributed by atoms with E-state index >= 15 is 0 Å². The Morgan fingerprint density at radius 2 is 0.737 bits per heavy atom. The molecule has 0 aromatic rings. The zero-order valence-electron chi connectivity index (χ0n) is 41.4. The minimum absolute atomic E-state index is 0.563. The van der Waals surface area contributed by atoms with Crippen LogP contribution in [-0.4, -0.2) is 323 Å². The first-order chi connectivity index (χ1) is 35.9. The molecule has 19 N–H and O–H groups in total. The highest BCUT2D eigenvalue weighted by Crippen LogP contribution is 2.37. The molecule has 0 radical (unpaired) electrons. The van der Waals surface area contributed by atoms with Gasteiger partial charge in [-0.05, 0) is 6.92 Å². The van der Waals surface area contributed by atoms with Crippen LogP contribution in [0.3, 0.4) is 0 Å². The molecule has 3 amide bonds. The van der Waals surface area contributed by atoms with Gasteiger partial charge in [-0.1, -0.05) is 0 Å². The summed E-state index contributed by atoms with van der Waals surface area (Å²) >= 11 is 0. The Morgan fingerprint density at radius 1 is 0.355 bits per heavy atom. The van der Waals surface area contributed by atoms with Crippen molar-refractivity contribution in [3.05, 3.63) is 0 Å². The molecule has 0 saturated carbocycles. The monoisotopic (exact) mass is 1110 g/mol. The van der Waals surface area contributed by atoms with Crippen LogP contribution in [0.1, 0.15) is 27.7 Å². The van der Waals surface area contributed by atoms with E-state index in [2.05, 4.69) is 16.0 Å². The molecule has 76 heavy (non-hydrogen) atoms. The average molecular weight is 1110 g/mol. The predicted molar refractivity (Wildman–Crippen MR) is 237 cm³/mol. The van der Waals surface area contributed by atoms with Crippen LogP contribution in [0.5, 0.6) is 0 Å². The lowest BCUT2D eigenvalue weighted by molar-refractivity contribution is -0.394. The van der Waals surface area contributed by atoms with Gasteiger partial charge < -0.3 is 150 Å². The van der Waals surface area contributed by atoms with E-state index in [9.17, 15) is 96.1 Å². The summed E-state index contributed by atoms with van der Waals surface area (Å²) < 4.78 is 64.4. The van der Waals surface area contributed by atoms with Crippen LogP contribution >= 0.6 is 0 Å². The van der Waals surface area contributed by atoms with Crippen LogP contribution in [0.4, 0.5) is 0 Å². The highest BCUT2D eigenvalue weighted by Gasteiger charge is 2.58. The van der Waals surface area contributed by atoms with Crippen LogP contribution in [0.15, 0.2) is 0 Å². The van der Waals surface area contributed by atoms with E-state index < -0.39 is 241 Å². The van der Waals surface area contributed by atoms with E-state index in [1.165, 1.54) is 13.8 Å². The summed E-state index contributed by atoms with van der Waals surface area (Å²) in [5.41, 5.74) is 0. The number of hydrogen-bond donors (Lipinski definition) is 19. The summed E-state index contributed by atoms with van der Waals surface area (Å²) in [6.07, 6.45) is -49.9. The number of ether oxygens (including phenoxy) is 11. The second kappa shape index (κ2) is 27.2. The van der Waals surface area contributed by atoms with E-state index in [0.29, 0.717) is 0 Å². The van der Waals surface area contributed by atoms with E-state index in [-0.39, 0.29) is 0 Å². The first kappa shape index (κ1) is 62.5. The molecule has 0 aromatic carbocycles. The molecule has 6 rings (SSSR count). The lowest BCUT2D eigenvalue weighted by Crippen LogP contribution is -2.70. The molecule has 13 unspecified atom stereocenters. The van der Waals surface area contributed by atoms with Gasteiger partial charge in [0.2, 0.25) is 17.7 Å². The smallest absolute Gasteiger partial charge is 0.217 e. The van der Waals surface area contributed by atoms with Gasteiger partial charge in [-0.15, -0.1) is 0 Å². The Kier molecular flexibility index (Phi) is 22.4. The Bertz CT molecular complexity index is 1870. The van der Waals surface area contributed by atoms with Gasteiger partial charge in [0.25, 0.3) is 0 Å². The minimum Gasteiger partial charge on any atom is -0.394 e. The SMILES string of the molecule is CC(=O)NC1[C@H](OC2C(O)C(O)[C@H](CO)O[C@@H]2O[C@@H]2C(O)[C@H](O[C@@H]3C(CO)O[C@@H](O[C@@H]4C(CO)O[C@@H](C)C(NC(C)=O)[C@H]4O)C(NC(C)=O)[C@H]3O)OC(CO[C@H]3OC(CO)[C@@H](O)[C@H](O)C3O)[C@H]2O)OC(CO)[C@@H](O)[C@@H]1O. The number of amides is 3. The van der Waals surface area contributed by atoms with Crippen LogP contribution < -0.4 is 16.0 Å². The number of nitrogens with one attached hydrogen (secondary N) is 3. The van der Waals surface area contributed by atoms with Gasteiger partial charge in [-0.2, -0.15) is 0 Å². The molecule has 33 heteroatoms. The largest absolute Gasteiger partial charge is 0.394 e. The van der Waals surface area contributed by atoms with Crippen LogP contribution in [0, 0.1) is 0 Å². The van der Waals surface area contributed by atoms with Crippen molar-refractivity contribution in [3.63, 3.8) is 0 Å². The molecular formula is C43H73N3O30. The molecule has 0 aliphatic carbocycles. The van der Waals surface area contributed by atoms with Crippen molar-refractivity contribution >= 4 is 17.7 Å². The second-order valence-electron chi connectivity index (χ2n) is 19.3. The summed E-state index contributed by atoms with van der Waals surface area (Å²) in [5, 5.41) is 181. The molecule has 0 aromatic heterocycles. The van der Waals surface area contributed by atoms with Crippen LogP contribution in [0.2, 0.25) is 0 Å². The zero-order valence-corrected chi connectivity index (χ0v) is 41.4. The molecule has 440 valence electrons. The number of aliphatic hydroxyl groups is 16. The molecular weight excluding hydrogens is 1040 g/mol. The minimum atomic E-state index is -2.32. The Morgan fingerprint density at radius 3 is 1.26 bits per heavy atom. The fraction of sp³-hybridized carbons (Fsp3) is 0.930. The molecule has 0 spiro atoms. The molecule has 33 nitrogen and oxygen atoms in total. The van der Waals surface area contributed by atoms with Crippen molar-refractivity contribution in [3.8, 4) is 0 Å². The lowest BCUT2D eigenvalue weighted by Gasteiger charge is -2.51. The number of hydrogen-bond acceptors (Lipinski definition) is 30. The molecule has 0 bridgehead atoms. The molecule has 6 aliphatic rings. The maximum absolute atomic E-state index is 12.7. The number of rotatable bonds is 19. The van der Waals surface area contributed by atoms with Gasteiger partial charge in [0, 0.05) is 20.8 Å². The summed E-state index contributed by atoms with van der Waals surface area (Å²) in [4.78, 5) is 36.9. The third kappa shape index (κ3) is 13.7. The summed E-state index contributed by atoms with van der Waals surface area (Å²) in [7, 11) is 0. The molecule has 6 saturated heterocycles.